The van der Waals surface area contributed by atoms with E-state index in [1.165, 1.54) is 6.92 Å². The highest BCUT2D eigenvalue weighted by atomic mass is 16.3. The molecule has 2 amide bonds. The van der Waals surface area contributed by atoms with E-state index >= 15 is 0 Å². The molecule has 0 unspecified atom stereocenters. The lowest BCUT2D eigenvalue weighted by Crippen LogP contribution is -2.56. The van der Waals surface area contributed by atoms with Gasteiger partial charge in [-0.05, 0) is 37.0 Å². The van der Waals surface area contributed by atoms with E-state index in [-0.39, 0.29) is 24.8 Å². The summed E-state index contributed by atoms with van der Waals surface area (Å²) in [7, 11) is 0. The number of hydrogen-bond acceptors (Lipinski definition) is 3. The Morgan fingerprint density at radius 1 is 1.25 bits per heavy atom. The Hall–Kier alpha value is -1.88. The molecule has 1 aliphatic carbocycles. The van der Waals surface area contributed by atoms with Gasteiger partial charge in [0.15, 0.2) is 0 Å². The second-order valence-electron chi connectivity index (χ2n) is 5.40. The average Bonchev–Trinajstić information content (AvgIpc) is 2.36. The third-order valence-corrected chi connectivity index (χ3v) is 3.66. The Bertz CT molecular complexity index is 487. The number of aliphatic hydroxyl groups excluding tert-OH is 1. The molecule has 108 valence electrons. The lowest BCUT2D eigenvalue weighted by Gasteiger charge is -2.41. The van der Waals surface area contributed by atoms with E-state index in [4.69, 9.17) is 0 Å². The monoisotopic (exact) mass is 276 g/mol. The molecular weight excluding hydrogens is 256 g/mol. The van der Waals surface area contributed by atoms with Crippen molar-refractivity contribution >= 4 is 17.5 Å². The minimum Gasteiger partial charge on any atom is -0.394 e. The summed E-state index contributed by atoms with van der Waals surface area (Å²) in [4.78, 5) is 22.9. The van der Waals surface area contributed by atoms with Gasteiger partial charge in [0.25, 0.3) is 0 Å². The van der Waals surface area contributed by atoms with Gasteiger partial charge in [-0.2, -0.15) is 0 Å². The van der Waals surface area contributed by atoms with Crippen LogP contribution in [0.25, 0.3) is 0 Å². The molecule has 0 radical (unpaired) electrons. The summed E-state index contributed by atoms with van der Waals surface area (Å²) < 4.78 is 0. The van der Waals surface area contributed by atoms with Crippen LogP contribution in [0.5, 0.6) is 0 Å². The van der Waals surface area contributed by atoms with Crippen LogP contribution >= 0.6 is 0 Å². The fourth-order valence-corrected chi connectivity index (χ4v) is 2.36. The zero-order valence-corrected chi connectivity index (χ0v) is 11.6. The number of amides is 2. The van der Waals surface area contributed by atoms with Crippen molar-refractivity contribution in [1.29, 1.82) is 0 Å². The predicted molar refractivity (Wildman–Crippen MR) is 76.3 cm³/mol. The number of carbonyl (C=O) groups excluding carboxylic acids is 2. The molecule has 20 heavy (non-hydrogen) atoms. The van der Waals surface area contributed by atoms with Crippen LogP contribution in [0, 0.1) is 0 Å². The van der Waals surface area contributed by atoms with Crippen LogP contribution in [-0.4, -0.2) is 29.1 Å². The van der Waals surface area contributed by atoms with E-state index < -0.39 is 5.54 Å². The fourth-order valence-electron chi connectivity index (χ4n) is 2.36. The highest BCUT2D eigenvalue weighted by Crippen LogP contribution is 2.31. The van der Waals surface area contributed by atoms with Crippen LogP contribution in [0.3, 0.4) is 0 Å². The molecule has 1 aromatic rings. The zero-order valence-electron chi connectivity index (χ0n) is 11.6. The SMILES string of the molecule is CC(=O)Nc1ccc(CC(=O)NC2(CO)CCC2)cc1. The quantitative estimate of drug-likeness (QED) is 0.756. The topological polar surface area (TPSA) is 78.4 Å². The fraction of sp³-hybridized carbons (Fsp3) is 0.467. The number of carbonyl (C=O) groups is 2. The molecule has 1 fully saturated rings. The average molecular weight is 276 g/mol. The van der Waals surface area contributed by atoms with Gasteiger partial charge in [0.05, 0.1) is 18.6 Å². The molecule has 0 aliphatic heterocycles. The van der Waals surface area contributed by atoms with Crippen molar-refractivity contribution in [1.82, 2.24) is 5.32 Å². The van der Waals surface area contributed by atoms with Gasteiger partial charge >= 0.3 is 0 Å². The molecule has 3 N–H and O–H groups in total. The smallest absolute Gasteiger partial charge is 0.224 e. The van der Waals surface area contributed by atoms with Crippen molar-refractivity contribution in [2.45, 2.75) is 38.1 Å². The van der Waals surface area contributed by atoms with Crippen molar-refractivity contribution in [2.24, 2.45) is 0 Å². The molecule has 0 aromatic heterocycles. The summed E-state index contributed by atoms with van der Waals surface area (Å²) in [6, 6.07) is 7.18. The molecule has 5 nitrogen and oxygen atoms in total. The summed E-state index contributed by atoms with van der Waals surface area (Å²) in [5, 5.41) is 14.9. The van der Waals surface area contributed by atoms with Gasteiger partial charge < -0.3 is 15.7 Å². The highest BCUT2D eigenvalue weighted by molar-refractivity contribution is 5.88. The maximum absolute atomic E-state index is 12.0. The molecule has 2 rings (SSSR count). The van der Waals surface area contributed by atoms with Crippen LogP contribution in [-0.2, 0) is 16.0 Å². The van der Waals surface area contributed by atoms with E-state index in [1.807, 2.05) is 12.1 Å². The van der Waals surface area contributed by atoms with Crippen LogP contribution in [0.15, 0.2) is 24.3 Å². The van der Waals surface area contributed by atoms with Gasteiger partial charge in [-0.15, -0.1) is 0 Å². The van der Waals surface area contributed by atoms with Gasteiger partial charge in [0.2, 0.25) is 11.8 Å². The lowest BCUT2D eigenvalue weighted by atomic mass is 9.77. The van der Waals surface area contributed by atoms with E-state index in [0.717, 1.165) is 24.8 Å². The Balaban J connectivity index is 1.89. The standard InChI is InChI=1S/C15H20N2O3/c1-11(19)16-13-5-3-12(4-6-13)9-14(20)17-15(10-18)7-2-8-15/h3-6,18H,2,7-10H2,1H3,(H,16,19)(H,17,20). The summed E-state index contributed by atoms with van der Waals surface area (Å²) >= 11 is 0. The van der Waals surface area contributed by atoms with Crippen LogP contribution in [0.4, 0.5) is 5.69 Å². The number of anilines is 1. The van der Waals surface area contributed by atoms with Crippen molar-refractivity contribution in [2.75, 3.05) is 11.9 Å². The first-order valence-electron chi connectivity index (χ1n) is 6.81. The van der Waals surface area contributed by atoms with Crippen LogP contribution in [0.1, 0.15) is 31.7 Å². The lowest BCUT2D eigenvalue weighted by molar-refractivity contribution is -0.124. The Morgan fingerprint density at radius 2 is 1.90 bits per heavy atom. The molecule has 0 atom stereocenters. The normalized spacial score (nSPS) is 16.1. The third-order valence-electron chi connectivity index (χ3n) is 3.66. The molecule has 1 aliphatic rings. The number of aliphatic hydroxyl groups is 1. The van der Waals surface area contributed by atoms with Gasteiger partial charge in [-0.3, -0.25) is 9.59 Å². The highest BCUT2D eigenvalue weighted by Gasteiger charge is 2.37. The van der Waals surface area contributed by atoms with Gasteiger partial charge in [-0.1, -0.05) is 12.1 Å². The maximum atomic E-state index is 12.0. The van der Waals surface area contributed by atoms with Gasteiger partial charge in [0.1, 0.15) is 0 Å². The molecule has 1 aromatic carbocycles. The summed E-state index contributed by atoms with van der Waals surface area (Å²) in [6.45, 7) is 1.45. The van der Waals surface area contributed by atoms with E-state index in [1.54, 1.807) is 12.1 Å². The second kappa shape index (κ2) is 6.05. The number of benzene rings is 1. The first kappa shape index (κ1) is 14.5. The number of rotatable bonds is 5. The molecule has 5 heteroatoms. The van der Waals surface area contributed by atoms with Crippen molar-refractivity contribution in [3.63, 3.8) is 0 Å². The minimum atomic E-state index is -0.396. The number of nitrogens with one attached hydrogen (secondary N) is 2. The molecular formula is C15H20N2O3. The zero-order chi connectivity index (χ0) is 14.6. The minimum absolute atomic E-state index is 0.000208. The van der Waals surface area contributed by atoms with E-state index in [2.05, 4.69) is 10.6 Å². The van der Waals surface area contributed by atoms with Crippen molar-refractivity contribution in [3.8, 4) is 0 Å². The van der Waals surface area contributed by atoms with Gasteiger partial charge in [-0.25, -0.2) is 0 Å². The first-order valence-corrected chi connectivity index (χ1v) is 6.81. The first-order chi connectivity index (χ1) is 9.53. The summed E-state index contributed by atoms with van der Waals surface area (Å²) in [5.41, 5.74) is 1.20. The van der Waals surface area contributed by atoms with E-state index in [9.17, 15) is 14.7 Å². The summed E-state index contributed by atoms with van der Waals surface area (Å²) in [6.07, 6.45) is 3.02. The Labute approximate surface area is 118 Å². The molecule has 0 bridgehead atoms. The second-order valence-corrected chi connectivity index (χ2v) is 5.40. The third kappa shape index (κ3) is 3.57. The van der Waals surface area contributed by atoms with Crippen LogP contribution < -0.4 is 10.6 Å². The van der Waals surface area contributed by atoms with Crippen LogP contribution in [0.2, 0.25) is 0 Å². The summed E-state index contributed by atoms with van der Waals surface area (Å²) in [5.74, 6) is -0.198. The van der Waals surface area contributed by atoms with Crippen molar-refractivity contribution < 1.29 is 14.7 Å². The molecule has 1 saturated carbocycles. The largest absolute Gasteiger partial charge is 0.394 e. The Kier molecular flexibility index (Phi) is 4.39. The molecule has 0 spiro atoms. The van der Waals surface area contributed by atoms with Gasteiger partial charge in [0, 0.05) is 12.6 Å². The Morgan fingerprint density at radius 3 is 2.35 bits per heavy atom. The number of hydrogen-bond donors (Lipinski definition) is 3. The maximum Gasteiger partial charge on any atom is 0.224 e. The van der Waals surface area contributed by atoms with Crippen molar-refractivity contribution in [3.05, 3.63) is 29.8 Å². The predicted octanol–water partition coefficient (Wildman–Crippen LogP) is 1.22. The van der Waals surface area contributed by atoms with E-state index in [0.29, 0.717) is 5.69 Å². The molecule has 0 heterocycles. The molecule has 0 saturated heterocycles.